The van der Waals surface area contributed by atoms with Crippen LogP contribution in [0.1, 0.15) is 25.5 Å². The lowest BCUT2D eigenvalue weighted by Gasteiger charge is -2.05. The van der Waals surface area contributed by atoms with Crippen molar-refractivity contribution in [1.82, 2.24) is 9.97 Å². The topological polar surface area (TPSA) is 80.7 Å². The lowest BCUT2D eigenvalue weighted by Crippen LogP contribution is -1.92. The summed E-state index contributed by atoms with van der Waals surface area (Å²) in [5.41, 5.74) is 15.1. The van der Waals surface area contributed by atoms with Crippen molar-refractivity contribution in [2.45, 2.75) is 19.8 Å². The largest absolute Gasteiger partial charge is 0.399 e. The molecule has 2 rings (SSSR count). The number of hydrogen-bond acceptors (Lipinski definition) is 3. The third-order valence-corrected chi connectivity index (χ3v) is 2.51. The van der Waals surface area contributed by atoms with Crippen LogP contribution in [0.4, 0.5) is 11.6 Å². The Bertz CT molecular complexity index is 482. The molecule has 16 heavy (non-hydrogen) atoms. The van der Waals surface area contributed by atoms with Crippen LogP contribution in [0.5, 0.6) is 0 Å². The second-order valence-corrected chi connectivity index (χ2v) is 4.16. The molecule has 4 heteroatoms. The Hall–Kier alpha value is -1.97. The van der Waals surface area contributed by atoms with E-state index in [1.165, 1.54) is 0 Å². The highest BCUT2D eigenvalue weighted by Crippen LogP contribution is 2.28. The Morgan fingerprint density at radius 1 is 1.12 bits per heavy atom. The summed E-state index contributed by atoms with van der Waals surface area (Å²) in [6.07, 6.45) is 0. The number of nitrogens with one attached hydrogen (secondary N) is 1. The van der Waals surface area contributed by atoms with Gasteiger partial charge in [-0.15, -0.1) is 0 Å². The monoisotopic (exact) mass is 216 g/mol. The van der Waals surface area contributed by atoms with E-state index in [4.69, 9.17) is 11.5 Å². The van der Waals surface area contributed by atoms with E-state index in [1.54, 1.807) is 0 Å². The maximum absolute atomic E-state index is 5.69. The van der Waals surface area contributed by atoms with Crippen LogP contribution in [0.15, 0.2) is 24.3 Å². The van der Waals surface area contributed by atoms with Crippen molar-refractivity contribution in [1.29, 1.82) is 0 Å². The molecule has 1 aromatic heterocycles. The Balaban J connectivity index is 2.50. The molecule has 0 saturated carbocycles. The molecular formula is C12H16N4. The summed E-state index contributed by atoms with van der Waals surface area (Å²) < 4.78 is 0. The number of H-pyrrole nitrogens is 1. The summed E-state index contributed by atoms with van der Waals surface area (Å²) in [6, 6.07) is 7.64. The molecular weight excluding hydrogens is 200 g/mol. The Morgan fingerprint density at radius 3 is 2.31 bits per heavy atom. The summed E-state index contributed by atoms with van der Waals surface area (Å²) in [5, 5.41) is 0. The van der Waals surface area contributed by atoms with E-state index in [2.05, 4.69) is 23.8 Å². The van der Waals surface area contributed by atoms with Crippen molar-refractivity contribution in [3.05, 3.63) is 30.0 Å². The molecule has 5 N–H and O–H groups in total. The van der Waals surface area contributed by atoms with Gasteiger partial charge in [-0.25, -0.2) is 4.98 Å². The van der Waals surface area contributed by atoms with Crippen LogP contribution in [-0.2, 0) is 0 Å². The van der Waals surface area contributed by atoms with E-state index in [0.29, 0.717) is 11.9 Å². The SMILES string of the molecule is CC(C)c1[nH]c(N)nc1-c1ccc(N)cc1. The third-order valence-electron chi connectivity index (χ3n) is 2.51. The lowest BCUT2D eigenvalue weighted by molar-refractivity contribution is 0.836. The van der Waals surface area contributed by atoms with Crippen molar-refractivity contribution >= 4 is 11.6 Å². The Kier molecular flexibility index (Phi) is 2.56. The number of rotatable bonds is 2. The lowest BCUT2D eigenvalue weighted by atomic mass is 10.0. The van der Waals surface area contributed by atoms with Crippen molar-refractivity contribution in [3.63, 3.8) is 0 Å². The standard InChI is InChI=1S/C12H16N4/c1-7(2)10-11(16-12(14)15-10)8-3-5-9(13)6-4-8/h3-7H,13H2,1-2H3,(H3,14,15,16). The van der Waals surface area contributed by atoms with Crippen LogP contribution >= 0.6 is 0 Å². The van der Waals surface area contributed by atoms with Gasteiger partial charge in [0.15, 0.2) is 5.95 Å². The van der Waals surface area contributed by atoms with Gasteiger partial charge in [0, 0.05) is 16.9 Å². The molecule has 0 radical (unpaired) electrons. The van der Waals surface area contributed by atoms with Gasteiger partial charge in [0.1, 0.15) is 0 Å². The van der Waals surface area contributed by atoms with E-state index >= 15 is 0 Å². The van der Waals surface area contributed by atoms with Gasteiger partial charge in [-0.3, -0.25) is 0 Å². The minimum atomic E-state index is 0.359. The van der Waals surface area contributed by atoms with Gasteiger partial charge in [-0.05, 0) is 18.1 Å². The molecule has 1 heterocycles. The van der Waals surface area contributed by atoms with Crippen molar-refractivity contribution < 1.29 is 0 Å². The number of aromatic nitrogens is 2. The molecule has 0 aliphatic rings. The Morgan fingerprint density at radius 2 is 1.75 bits per heavy atom. The molecule has 0 aliphatic heterocycles. The van der Waals surface area contributed by atoms with Gasteiger partial charge >= 0.3 is 0 Å². The molecule has 0 unspecified atom stereocenters. The zero-order valence-electron chi connectivity index (χ0n) is 9.49. The number of nitrogens with zero attached hydrogens (tertiary/aromatic N) is 1. The zero-order valence-corrected chi connectivity index (χ0v) is 9.49. The second-order valence-electron chi connectivity index (χ2n) is 4.16. The first kappa shape index (κ1) is 10.5. The second kappa shape index (κ2) is 3.89. The molecule has 4 nitrogen and oxygen atoms in total. The molecule has 0 fully saturated rings. The highest BCUT2D eigenvalue weighted by molar-refractivity contribution is 5.66. The predicted molar refractivity (Wildman–Crippen MR) is 66.9 cm³/mol. The molecule has 0 aliphatic carbocycles. The van der Waals surface area contributed by atoms with E-state index in [-0.39, 0.29) is 0 Å². The normalized spacial score (nSPS) is 10.9. The van der Waals surface area contributed by atoms with E-state index in [9.17, 15) is 0 Å². The average molecular weight is 216 g/mol. The maximum atomic E-state index is 5.69. The minimum absolute atomic E-state index is 0.359. The summed E-state index contributed by atoms with van der Waals surface area (Å²) in [6.45, 7) is 4.21. The van der Waals surface area contributed by atoms with Crippen molar-refractivity contribution in [2.24, 2.45) is 0 Å². The van der Waals surface area contributed by atoms with Gasteiger partial charge in [0.2, 0.25) is 0 Å². The summed E-state index contributed by atoms with van der Waals surface area (Å²) in [7, 11) is 0. The number of anilines is 2. The molecule has 1 aromatic carbocycles. The molecule has 0 spiro atoms. The Labute approximate surface area is 94.7 Å². The molecule has 0 atom stereocenters. The minimum Gasteiger partial charge on any atom is -0.399 e. The van der Waals surface area contributed by atoms with Crippen LogP contribution in [0.25, 0.3) is 11.3 Å². The van der Waals surface area contributed by atoms with Gasteiger partial charge in [0.25, 0.3) is 0 Å². The number of hydrogen-bond donors (Lipinski definition) is 3. The number of aromatic amines is 1. The zero-order chi connectivity index (χ0) is 11.7. The molecule has 0 amide bonds. The van der Waals surface area contributed by atoms with Gasteiger partial charge in [-0.2, -0.15) is 0 Å². The van der Waals surface area contributed by atoms with E-state index in [1.807, 2.05) is 24.3 Å². The summed E-state index contributed by atoms with van der Waals surface area (Å²) in [4.78, 5) is 7.41. The fraction of sp³-hybridized carbons (Fsp3) is 0.250. The van der Waals surface area contributed by atoms with E-state index < -0.39 is 0 Å². The predicted octanol–water partition coefficient (Wildman–Crippen LogP) is 2.36. The first-order chi connectivity index (χ1) is 7.58. The van der Waals surface area contributed by atoms with E-state index in [0.717, 1.165) is 22.6 Å². The van der Waals surface area contributed by atoms with Crippen molar-refractivity contribution in [3.8, 4) is 11.3 Å². The number of nitrogens with two attached hydrogens (primary N) is 2. The van der Waals surface area contributed by atoms with Crippen LogP contribution < -0.4 is 11.5 Å². The average Bonchev–Trinajstić information content (AvgIpc) is 2.61. The third kappa shape index (κ3) is 1.86. The smallest absolute Gasteiger partial charge is 0.198 e. The summed E-state index contributed by atoms with van der Waals surface area (Å²) in [5.74, 6) is 0.813. The number of nitrogen functional groups attached to an aromatic ring is 2. The number of benzene rings is 1. The van der Waals surface area contributed by atoms with Gasteiger partial charge < -0.3 is 16.5 Å². The van der Waals surface area contributed by atoms with Gasteiger partial charge in [-0.1, -0.05) is 26.0 Å². The number of imidazole rings is 1. The highest BCUT2D eigenvalue weighted by Gasteiger charge is 2.13. The summed E-state index contributed by atoms with van der Waals surface area (Å²) >= 11 is 0. The van der Waals surface area contributed by atoms with Crippen LogP contribution in [0, 0.1) is 0 Å². The van der Waals surface area contributed by atoms with Gasteiger partial charge in [0.05, 0.1) is 5.69 Å². The van der Waals surface area contributed by atoms with Crippen LogP contribution in [0.2, 0.25) is 0 Å². The maximum Gasteiger partial charge on any atom is 0.198 e. The molecule has 0 saturated heterocycles. The fourth-order valence-corrected chi connectivity index (χ4v) is 1.68. The molecule has 2 aromatic rings. The molecule has 84 valence electrons. The van der Waals surface area contributed by atoms with Crippen LogP contribution in [-0.4, -0.2) is 9.97 Å². The first-order valence-corrected chi connectivity index (χ1v) is 5.29. The van der Waals surface area contributed by atoms with Crippen LogP contribution in [0.3, 0.4) is 0 Å². The molecule has 0 bridgehead atoms. The highest BCUT2D eigenvalue weighted by atomic mass is 15.0. The fourth-order valence-electron chi connectivity index (χ4n) is 1.68. The van der Waals surface area contributed by atoms with Crippen molar-refractivity contribution in [2.75, 3.05) is 11.5 Å². The first-order valence-electron chi connectivity index (χ1n) is 5.29. The quantitative estimate of drug-likeness (QED) is 0.674.